The maximum Gasteiger partial charge on any atom is 0.0278 e. The number of nitrogens with zero attached hydrogens (tertiary/aromatic N) is 1. The SMILES string of the molecule is C=C(/C=N\C)/C(C)=C\C=C(C)C. The lowest BCUT2D eigenvalue weighted by molar-refractivity contribution is 1.37. The summed E-state index contributed by atoms with van der Waals surface area (Å²) in [7, 11) is 1.75. The van der Waals surface area contributed by atoms with Gasteiger partial charge in [0.1, 0.15) is 0 Å². The van der Waals surface area contributed by atoms with Gasteiger partial charge in [-0.15, -0.1) is 0 Å². The Morgan fingerprint density at radius 3 is 2.17 bits per heavy atom. The molecule has 0 aliphatic carbocycles. The summed E-state index contributed by atoms with van der Waals surface area (Å²) in [6, 6.07) is 0. The van der Waals surface area contributed by atoms with E-state index in [1.165, 1.54) is 5.57 Å². The Labute approximate surface area is 75.2 Å². The predicted octanol–water partition coefficient (Wildman–Crippen LogP) is 3.16. The van der Waals surface area contributed by atoms with Crippen molar-refractivity contribution < 1.29 is 0 Å². The standard InChI is InChI=1S/C11H17N/c1-9(2)6-7-10(3)11(4)8-12-5/h6-8H,4H2,1-3,5H3/b10-7-,12-8-. The minimum absolute atomic E-state index is 0.968. The highest BCUT2D eigenvalue weighted by Crippen LogP contribution is 2.04. The topological polar surface area (TPSA) is 12.4 Å². The number of allylic oxidation sites excluding steroid dienone is 5. The van der Waals surface area contributed by atoms with E-state index in [1.807, 2.05) is 6.92 Å². The van der Waals surface area contributed by atoms with E-state index in [0.717, 1.165) is 11.1 Å². The molecular weight excluding hydrogens is 146 g/mol. The van der Waals surface area contributed by atoms with Crippen LogP contribution in [0.15, 0.2) is 40.4 Å². The lowest BCUT2D eigenvalue weighted by Crippen LogP contribution is -1.83. The molecule has 66 valence electrons. The van der Waals surface area contributed by atoms with Crippen molar-refractivity contribution in [2.24, 2.45) is 4.99 Å². The second kappa shape index (κ2) is 5.53. The molecule has 0 aromatic rings. The first kappa shape index (κ1) is 10.9. The van der Waals surface area contributed by atoms with Gasteiger partial charge in [0, 0.05) is 13.3 Å². The second-order valence-electron chi connectivity index (χ2n) is 3.01. The minimum atomic E-state index is 0.968. The van der Waals surface area contributed by atoms with Crippen LogP contribution in [0.5, 0.6) is 0 Å². The first-order valence-electron chi connectivity index (χ1n) is 4.01. The van der Waals surface area contributed by atoms with Gasteiger partial charge in [0.15, 0.2) is 0 Å². The molecule has 0 fully saturated rings. The normalized spacial score (nSPS) is 11.8. The summed E-state index contributed by atoms with van der Waals surface area (Å²) in [6.07, 6.45) is 5.90. The van der Waals surface area contributed by atoms with Gasteiger partial charge in [0.05, 0.1) is 0 Å². The van der Waals surface area contributed by atoms with Crippen LogP contribution in [0.2, 0.25) is 0 Å². The number of aliphatic imine (C=N–C) groups is 1. The Bertz CT molecular complexity index is 238. The molecule has 0 aromatic carbocycles. The second-order valence-corrected chi connectivity index (χ2v) is 3.01. The van der Waals surface area contributed by atoms with E-state index in [1.54, 1.807) is 13.3 Å². The van der Waals surface area contributed by atoms with Gasteiger partial charge in [-0.25, -0.2) is 0 Å². The van der Waals surface area contributed by atoms with Crippen molar-refractivity contribution in [2.75, 3.05) is 7.05 Å². The molecule has 0 amide bonds. The monoisotopic (exact) mass is 163 g/mol. The zero-order valence-electron chi connectivity index (χ0n) is 8.39. The van der Waals surface area contributed by atoms with Crippen molar-refractivity contribution in [3.05, 3.63) is 35.5 Å². The lowest BCUT2D eigenvalue weighted by Gasteiger charge is -1.96. The molecule has 0 aliphatic rings. The van der Waals surface area contributed by atoms with E-state index >= 15 is 0 Å². The highest BCUT2D eigenvalue weighted by atomic mass is 14.6. The number of rotatable bonds is 3. The van der Waals surface area contributed by atoms with Crippen LogP contribution in [0, 0.1) is 0 Å². The fourth-order valence-electron chi connectivity index (χ4n) is 0.656. The van der Waals surface area contributed by atoms with Gasteiger partial charge in [-0.3, -0.25) is 4.99 Å². The molecule has 0 atom stereocenters. The summed E-state index contributed by atoms with van der Waals surface area (Å²) in [5.74, 6) is 0. The predicted molar refractivity (Wildman–Crippen MR) is 56.7 cm³/mol. The molecule has 0 aliphatic heterocycles. The van der Waals surface area contributed by atoms with E-state index < -0.39 is 0 Å². The molecular formula is C11H17N. The molecule has 0 spiro atoms. The summed E-state index contributed by atoms with van der Waals surface area (Å²) in [5, 5.41) is 0. The Hall–Kier alpha value is -1.11. The molecule has 0 radical (unpaired) electrons. The van der Waals surface area contributed by atoms with Gasteiger partial charge in [0.2, 0.25) is 0 Å². The maximum atomic E-state index is 3.90. The third kappa shape index (κ3) is 4.67. The highest BCUT2D eigenvalue weighted by Gasteiger charge is 1.89. The Morgan fingerprint density at radius 1 is 1.17 bits per heavy atom. The molecule has 0 heterocycles. The van der Waals surface area contributed by atoms with E-state index in [0.29, 0.717) is 0 Å². The maximum absolute atomic E-state index is 3.90. The Balaban J connectivity index is 4.38. The quantitative estimate of drug-likeness (QED) is 0.447. The van der Waals surface area contributed by atoms with Crippen LogP contribution in [0.4, 0.5) is 0 Å². The molecule has 0 bridgehead atoms. The molecule has 0 rings (SSSR count). The van der Waals surface area contributed by atoms with E-state index in [4.69, 9.17) is 0 Å². The van der Waals surface area contributed by atoms with Crippen LogP contribution in [0.1, 0.15) is 20.8 Å². The summed E-state index contributed by atoms with van der Waals surface area (Å²) in [4.78, 5) is 3.90. The zero-order valence-corrected chi connectivity index (χ0v) is 8.39. The number of hydrogen-bond donors (Lipinski definition) is 0. The lowest BCUT2D eigenvalue weighted by atomic mass is 10.1. The molecule has 0 unspecified atom stereocenters. The first-order chi connectivity index (χ1) is 5.57. The average Bonchev–Trinajstić information content (AvgIpc) is 2.00. The van der Waals surface area contributed by atoms with Crippen LogP contribution in [-0.2, 0) is 0 Å². The van der Waals surface area contributed by atoms with E-state index in [-0.39, 0.29) is 0 Å². The third-order valence-electron chi connectivity index (χ3n) is 1.46. The highest BCUT2D eigenvalue weighted by molar-refractivity contribution is 5.83. The van der Waals surface area contributed by atoms with Crippen LogP contribution in [0.3, 0.4) is 0 Å². The van der Waals surface area contributed by atoms with Crippen LogP contribution in [-0.4, -0.2) is 13.3 Å². The summed E-state index contributed by atoms with van der Waals surface area (Å²) in [5.41, 5.74) is 3.41. The van der Waals surface area contributed by atoms with E-state index in [2.05, 4.69) is 37.6 Å². The fraction of sp³-hybridized carbons (Fsp3) is 0.364. The van der Waals surface area contributed by atoms with Gasteiger partial charge in [-0.2, -0.15) is 0 Å². The summed E-state index contributed by atoms with van der Waals surface area (Å²) >= 11 is 0. The molecule has 0 saturated heterocycles. The first-order valence-corrected chi connectivity index (χ1v) is 4.01. The van der Waals surface area contributed by atoms with Crippen molar-refractivity contribution in [3.63, 3.8) is 0 Å². The van der Waals surface area contributed by atoms with Crippen LogP contribution in [0.25, 0.3) is 0 Å². The van der Waals surface area contributed by atoms with Crippen molar-refractivity contribution >= 4 is 6.21 Å². The number of hydrogen-bond acceptors (Lipinski definition) is 1. The van der Waals surface area contributed by atoms with Crippen LogP contribution < -0.4 is 0 Å². The molecule has 0 saturated carbocycles. The summed E-state index contributed by atoms with van der Waals surface area (Å²) < 4.78 is 0. The van der Waals surface area contributed by atoms with Gasteiger partial charge in [-0.1, -0.05) is 24.3 Å². The molecule has 12 heavy (non-hydrogen) atoms. The van der Waals surface area contributed by atoms with Gasteiger partial charge in [-0.05, 0) is 31.9 Å². The van der Waals surface area contributed by atoms with Crippen molar-refractivity contribution in [1.82, 2.24) is 0 Å². The molecule has 1 heteroatoms. The Kier molecular flexibility index (Phi) is 5.02. The van der Waals surface area contributed by atoms with Gasteiger partial charge in [0.25, 0.3) is 0 Å². The smallest absolute Gasteiger partial charge is 0.0278 e. The largest absolute Gasteiger partial charge is 0.296 e. The third-order valence-corrected chi connectivity index (χ3v) is 1.46. The summed E-state index contributed by atoms with van der Waals surface area (Å²) in [6.45, 7) is 10.0. The van der Waals surface area contributed by atoms with Crippen LogP contribution >= 0.6 is 0 Å². The zero-order chi connectivity index (χ0) is 9.56. The van der Waals surface area contributed by atoms with Gasteiger partial charge < -0.3 is 0 Å². The average molecular weight is 163 g/mol. The molecule has 1 nitrogen and oxygen atoms in total. The Morgan fingerprint density at radius 2 is 1.75 bits per heavy atom. The van der Waals surface area contributed by atoms with Crippen molar-refractivity contribution in [2.45, 2.75) is 20.8 Å². The fourth-order valence-corrected chi connectivity index (χ4v) is 0.656. The van der Waals surface area contributed by atoms with E-state index in [9.17, 15) is 0 Å². The van der Waals surface area contributed by atoms with Crippen molar-refractivity contribution in [1.29, 1.82) is 0 Å². The van der Waals surface area contributed by atoms with Gasteiger partial charge >= 0.3 is 0 Å². The van der Waals surface area contributed by atoms with Crippen molar-refractivity contribution in [3.8, 4) is 0 Å². The molecule has 0 aromatic heterocycles. The molecule has 0 N–H and O–H groups in total. The minimum Gasteiger partial charge on any atom is -0.296 e.